The monoisotopic (exact) mass is 343 g/mol. The molecule has 1 rings (SSSR count). The number of benzene rings is 1. The molecule has 20 heavy (non-hydrogen) atoms. The Bertz CT molecular complexity index is 421. The molecule has 0 saturated carbocycles. The van der Waals surface area contributed by atoms with E-state index in [1.54, 1.807) is 31.4 Å². The van der Waals surface area contributed by atoms with Crippen LogP contribution in [0.15, 0.2) is 24.3 Å². The first-order valence-corrected chi connectivity index (χ1v) is 6.75. The summed E-state index contributed by atoms with van der Waals surface area (Å²) in [6.07, 6.45) is 0. The molecule has 1 aromatic carbocycles. The van der Waals surface area contributed by atoms with Crippen LogP contribution < -0.4 is 4.74 Å². The number of rotatable bonds is 3. The van der Waals surface area contributed by atoms with Crippen LogP contribution in [0.3, 0.4) is 0 Å². The minimum absolute atomic E-state index is 0. The van der Waals surface area contributed by atoms with Gasteiger partial charge in [-0.1, -0.05) is 12.1 Å². The molecular formula is C8H23O10S2+. The number of methoxy groups -OCH3 is 1. The lowest BCUT2D eigenvalue weighted by Gasteiger charge is -1.98. The first-order chi connectivity index (χ1) is 6.51. The molecule has 0 aliphatic heterocycles. The third-order valence-electron chi connectivity index (χ3n) is 1.51. The fraction of sp³-hybridized carbons (Fsp3) is 0.250. The van der Waals surface area contributed by atoms with E-state index in [1.165, 1.54) is 0 Å². The quantitative estimate of drug-likeness (QED) is 0.528. The fourth-order valence-electron chi connectivity index (χ4n) is 0.907. The molecule has 10 nitrogen and oxygen atoms in total. The molecule has 0 atom stereocenters. The second-order valence-electron chi connectivity index (χ2n) is 2.56. The second kappa shape index (κ2) is 16.1. The van der Waals surface area contributed by atoms with E-state index in [9.17, 15) is 4.21 Å². The summed E-state index contributed by atoms with van der Waals surface area (Å²) in [5.41, 5.74) is 0.824. The Balaban J connectivity index is -0.0000000817. The van der Waals surface area contributed by atoms with Crippen molar-refractivity contribution in [3.8, 4) is 5.75 Å². The molecule has 0 bridgehead atoms. The Morgan fingerprint density at radius 2 is 1.60 bits per heavy atom. The average molecular weight is 343 g/mol. The summed E-state index contributed by atoms with van der Waals surface area (Å²) >= 11 is 0. The van der Waals surface area contributed by atoms with Gasteiger partial charge in [-0.3, -0.25) is 9.11 Å². The van der Waals surface area contributed by atoms with Crippen molar-refractivity contribution in [3.05, 3.63) is 29.8 Å². The van der Waals surface area contributed by atoms with Gasteiger partial charge in [0.05, 0.1) is 7.11 Å². The molecule has 126 valence electrons. The van der Waals surface area contributed by atoms with Crippen LogP contribution in [0.1, 0.15) is 5.56 Å². The smallest absolute Gasteiger partial charge is 0.430 e. The highest BCUT2D eigenvalue weighted by Crippen LogP contribution is 2.12. The van der Waals surface area contributed by atoms with Crippen LogP contribution >= 0.6 is 0 Å². The van der Waals surface area contributed by atoms with Crippen LogP contribution in [0.4, 0.5) is 0 Å². The van der Waals surface area contributed by atoms with Crippen molar-refractivity contribution < 1.29 is 50.9 Å². The van der Waals surface area contributed by atoms with Gasteiger partial charge in [-0.15, -0.1) is 0 Å². The van der Waals surface area contributed by atoms with Crippen molar-refractivity contribution in [1.29, 1.82) is 0 Å². The first-order valence-electron chi connectivity index (χ1n) is 3.77. The van der Waals surface area contributed by atoms with Crippen LogP contribution in [0.5, 0.6) is 5.75 Å². The summed E-state index contributed by atoms with van der Waals surface area (Å²) in [4.78, 5) is 0. The standard InChI is InChI=1S/C8H10O4S2.6H2O/c1-12-8-4-2-3-7(5-8)6-13-14(9,10)11;;;;;;/h2-5H,6H2,1H3,(H-,9,10,11);6*1H2/p+1. The number of hydrogen-bond donors (Lipinski definition) is 2. The van der Waals surface area contributed by atoms with Gasteiger partial charge in [0.1, 0.15) is 5.75 Å². The molecule has 0 fully saturated rings. The van der Waals surface area contributed by atoms with Crippen molar-refractivity contribution in [2.24, 2.45) is 0 Å². The van der Waals surface area contributed by atoms with Gasteiger partial charge >= 0.3 is 9.05 Å². The second-order valence-corrected chi connectivity index (χ2v) is 5.99. The molecule has 0 aliphatic carbocycles. The van der Waals surface area contributed by atoms with E-state index in [2.05, 4.69) is 0 Å². The minimum Gasteiger partial charge on any atom is -0.497 e. The summed E-state index contributed by atoms with van der Waals surface area (Å²) in [6, 6.07) is 7.10. The van der Waals surface area contributed by atoms with Crippen LogP contribution in [0.2, 0.25) is 0 Å². The molecule has 0 saturated heterocycles. The van der Waals surface area contributed by atoms with Crippen molar-refractivity contribution in [3.63, 3.8) is 0 Å². The van der Waals surface area contributed by atoms with E-state index < -0.39 is 9.05 Å². The maximum Gasteiger partial charge on any atom is 0.430 e. The van der Waals surface area contributed by atoms with Crippen LogP contribution in [0, 0.1) is 0 Å². The van der Waals surface area contributed by atoms with Crippen LogP contribution in [0.25, 0.3) is 0 Å². The first kappa shape index (κ1) is 36.5. The molecule has 0 spiro atoms. The lowest BCUT2D eigenvalue weighted by atomic mass is 10.2. The van der Waals surface area contributed by atoms with Gasteiger partial charge in [-0.25, -0.2) is 0 Å². The van der Waals surface area contributed by atoms with Gasteiger partial charge < -0.3 is 37.6 Å². The largest absolute Gasteiger partial charge is 0.497 e. The third-order valence-corrected chi connectivity index (χ3v) is 3.55. The van der Waals surface area contributed by atoms with Crippen molar-refractivity contribution in [1.82, 2.24) is 0 Å². The molecule has 1 aromatic rings. The summed E-state index contributed by atoms with van der Waals surface area (Å²) < 4.78 is 32.8. The minimum atomic E-state index is -3.72. The van der Waals surface area contributed by atoms with Crippen molar-refractivity contribution in [2.75, 3.05) is 7.11 Å². The molecule has 0 amide bonds. The van der Waals surface area contributed by atoms with E-state index in [1.807, 2.05) is 0 Å². The summed E-state index contributed by atoms with van der Waals surface area (Å²) in [5, 5.41) is 0. The maximum absolute atomic E-state index is 10.6. The Morgan fingerprint density at radius 3 is 2.00 bits per heavy atom. The van der Waals surface area contributed by atoms with Gasteiger partial charge in [-0.2, -0.15) is 4.21 Å². The van der Waals surface area contributed by atoms with Gasteiger partial charge in [0.15, 0.2) is 0 Å². The Hall–Kier alpha value is -0.930. The fourth-order valence-corrected chi connectivity index (χ4v) is 2.25. The van der Waals surface area contributed by atoms with Gasteiger partial charge in [0.25, 0.3) is 10.3 Å². The normalized spacial score (nSPS) is 7.75. The molecular weight excluding hydrogens is 320 g/mol. The Kier molecular flexibility index (Phi) is 29.4. The van der Waals surface area contributed by atoms with Crippen LogP contribution in [-0.2, 0) is 25.1 Å². The van der Waals surface area contributed by atoms with E-state index >= 15 is 0 Å². The van der Waals surface area contributed by atoms with Gasteiger partial charge in [0.2, 0.25) is 5.75 Å². The molecule has 0 unspecified atom stereocenters. The molecule has 0 aromatic heterocycles. The number of hydrogen-bond acceptors (Lipinski definition) is 2. The highest BCUT2D eigenvalue weighted by atomic mass is 32.9. The lowest BCUT2D eigenvalue weighted by molar-refractivity contribution is 0.414. The SMILES string of the molecule is COc1cccc(C[S+]=S(=O)(O)O)c1.O.O.O.O.O.O. The van der Waals surface area contributed by atoms with Crippen LogP contribution in [-0.4, -0.2) is 53.3 Å². The predicted octanol–water partition coefficient (Wildman–Crippen LogP) is -3.52. The predicted molar refractivity (Wildman–Crippen MR) is 79.1 cm³/mol. The van der Waals surface area contributed by atoms with E-state index in [0.29, 0.717) is 16.1 Å². The number of ether oxygens (including phenoxy) is 1. The molecule has 0 radical (unpaired) electrons. The zero-order valence-electron chi connectivity index (χ0n) is 10.5. The molecule has 12 heteroatoms. The zero-order valence-corrected chi connectivity index (χ0v) is 12.2. The molecule has 0 heterocycles. The summed E-state index contributed by atoms with van der Waals surface area (Å²) in [6.45, 7) is 0. The highest BCUT2D eigenvalue weighted by Gasteiger charge is 2.10. The summed E-state index contributed by atoms with van der Waals surface area (Å²) in [5.74, 6) is 0.953. The van der Waals surface area contributed by atoms with E-state index in [0.717, 1.165) is 5.56 Å². The molecule has 14 N–H and O–H groups in total. The third kappa shape index (κ3) is 15.1. The Labute approximate surface area is 119 Å². The van der Waals surface area contributed by atoms with Crippen molar-refractivity contribution in [2.45, 2.75) is 5.75 Å². The summed E-state index contributed by atoms with van der Waals surface area (Å²) in [7, 11) is -1.58. The lowest BCUT2D eigenvalue weighted by Crippen LogP contribution is -1.97. The Morgan fingerprint density at radius 1 is 1.10 bits per heavy atom. The maximum atomic E-state index is 10.6. The van der Waals surface area contributed by atoms with Gasteiger partial charge in [-0.05, 0) is 12.1 Å². The van der Waals surface area contributed by atoms with E-state index in [4.69, 9.17) is 13.8 Å². The molecule has 0 aliphatic rings. The average Bonchev–Trinajstić information content (AvgIpc) is 2.14. The zero-order chi connectivity index (χ0) is 10.6. The topological polar surface area (TPSA) is 256 Å². The van der Waals surface area contributed by atoms with Crippen molar-refractivity contribution >= 4 is 19.4 Å². The highest BCUT2D eigenvalue weighted by molar-refractivity contribution is 8.33. The van der Waals surface area contributed by atoms with E-state index in [-0.39, 0.29) is 38.6 Å². The van der Waals surface area contributed by atoms with Gasteiger partial charge in [0, 0.05) is 5.56 Å².